The van der Waals surface area contributed by atoms with Gasteiger partial charge >= 0.3 is 0 Å². The Bertz CT molecular complexity index is 873. The van der Waals surface area contributed by atoms with Crippen molar-refractivity contribution in [2.75, 3.05) is 39.3 Å². The summed E-state index contributed by atoms with van der Waals surface area (Å²) in [5.41, 5.74) is 1.61. The van der Waals surface area contributed by atoms with E-state index in [0.717, 1.165) is 39.1 Å². The number of piperazine rings is 1. The SMILES string of the molecule is O=C1c2ccccc2C(=O)N1CCC[NH+]1CC[NH+](Cc2c(F)cccc2Cl)CC1. The number of hydrogen-bond acceptors (Lipinski definition) is 2. The van der Waals surface area contributed by atoms with Gasteiger partial charge in [0.15, 0.2) is 0 Å². The molecule has 1 fully saturated rings. The Morgan fingerprint density at radius 3 is 2.14 bits per heavy atom. The first kappa shape index (κ1) is 20.0. The van der Waals surface area contributed by atoms with Crippen molar-refractivity contribution in [3.63, 3.8) is 0 Å². The van der Waals surface area contributed by atoms with E-state index >= 15 is 0 Å². The largest absolute Gasteiger partial charge is 0.326 e. The molecule has 152 valence electrons. The van der Waals surface area contributed by atoms with Crippen molar-refractivity contribution in [1.29, 1.82) is 0 Å². The maximum Gasteiger partial charge on any atom is 0.261 e. The Morgan fingerprint density at radius 1 is 0.897 bits per heavy atom. The van der Waals surface area contributed by atoms with Gasteiger partial charge in [0, 0.05) is 13.0 Å². The van der Waals surface area contributed by atoms with Gasteiger partial charge in [-0.05, 0) is 24.3 Å². The van der Waals surface area contributed by atoms with Crippen molar-refractivity contribution in [2.45, 2.75) is 13.0 Å². The third-order valence-electron chi connectivity index (χ3n) is 5.94. The predicted octanol–water partition coefficient (Wildman–Crippen LogP) is 0.449. The summed E-state index contributed by atoms with van der Waals surface area (Å²) in [6.07, 6.45) is 0.787. The zero-order valence-corrected chi connectivity index (χ0v) is 17.0. The van der Waals surface area contributed by atoms with E-state index < -0.39 is 0 Å². The molecule has 29 heavy (non-hydrogen) atoms. The van der Waals surface area contributed by atoms with Gasteiger partial charge in [-0.25, -0.2) is 4.39 Å². The van der Waals surface area contributed by atoms with Crippen molar-refractivity contribution < 1.29 is 23.8 Å². The Hall–Kier alpha value is -2.28. The van der Waals surface area contributed by atoms with Crippen LogP contribution in [0.25, 0.3) is 0 Å². The van der Waals surface area contributed by atoms with E-state index in [9.17, 15) is 14.0 Å². The second-order valence-electron chi connectivity index (χ2n) is 7.79. The molecule has 0 bridgehead atoms. The lowest BCUT2D eigenvalue weighted by molar-refractivity contribution is -1.02. The van der Waals surface area contributed by atoms with Crippen LogP contribution in [-0.4, -0.2) is 56.0 Å². The van der Waals surface area contributed by atoms with Gasteiger partial charge in [0.1, 0.15) is 38.5 Å². The second-order valence-corrected chi connectivity index (χ2v) is 8.20. The van der Waals surface area contributed by atoms with E-state index in [0.29, 0.717) is 34.8 Å². The number of carbonyl (C=O) groups is 2. The van der Waals surface area contributed by atoms with Crippen molar-refractivity contribution in [3.05, 3.63) is 70.0 Å². The molecule has 0 aromatic heterocycles. The number of halogens is 2. The fraction of sp³-hybridized carbons (Fsp3) is 0.364. The normalized spacial score (nSPS) is 21.5. The number of hydrogen-bond donors (Lipinski definition) is 2. The number of imide groups is 1. The van der Waals surface area contributed by atoms with E-state index in [1.807, 2.05) is 0 Å². The molecular weight excluding hydrogens is 393 g/mol. The van der Waals surface area contributed by atoms with E-state index in [4.69, 9.17) is 11.6 Å². The highest BCUT2D eigenvalue weighted by Crippen LogP contribution is 2.22. The predicted molar refractivity (Wildman–Crippen MR) is 108 cm³/mol. The van der Waals surface area contributed by atoms with Crippen molar-refractivity contribution in [3.8, 4) is 0 Å². The van der Waals surface area contributed by atoms with Gasteiger partial charge in [-0.2, -0.15) is 0 Å². The highest BCUT2D eigenvalue weighted by molar-refractivity contribution is 6.31. The smallest absolute Gasteiger partial charge is 0.261 e. The lowest BCUT2D eigenvalue weighted by Gasteiger charge is -2.30. The first-order chi connectivity index (χ1) is 14.0. The zero-order valence-electron chi connectivity index (χ0n) is 16.2. The Morgan fingerprint density at radius 2 is 1.52 bits per heavy atom. The number of fused-ring (bicyclic) bond motifs is 1. The Kier molecular flexibility index (Phi) is 5.94. The molecule has 2 aromatic rings. The standard InChI is InChI=1S/C22H23ClFN3O2/c23-19-7-3-8-20(24)18(19)15-26-13-11-25(12-14-26)9-4-10-27-21(28)16-5-1-2-6-17(16)22(27)29/h1-3,5-8H,4,9-15H2/p+2. The highest BCUT2D eigenvalue weighted by atomic mass is 35.5. The van der Waals surface area contributed by atoms with E-state index in [1.165, 1.54) is 20.8 Å². The van der Waals surface area contributed by atoms with Crippen LogP contribution < -0.4 is 9.80 Å². The summed E-state index contributed by atoms with van der Waals surface area (Å²) in [6, 6.07) is 11.8. The number of rotatable bonds is 6. The number of nitrogens with zero attached hydrogens (tertiary/aromatic N) is 1. The minimum Gasteiger partial charge on any atom is -0.326 e. The lowest BCUT2D eigenvalue weighted by Crippen LogP contribution is -3.27. The van der Waals surface area contributed by atoms with Crippen LogP contribution in [0.3, 0.4) is 0 Å². The summed E-state index contributed by atoms with van der Waals surface area (Å²) in [7, 11) is 0. The molecule has 2 amide bonds. The molecule has 4 rings (SSSR count). The van der Waals surface area contributed by atoms with Gasteiger partial charge in [0.25, 0.3) is 11.8 Å². The maximum atomic E-state index is 14.0. The molecule has 0 aliphatic carbocycles. The van der Waals surface area contributed by atoms with Crippen LogP contribution in [0.5, 0.6) is 0 Å². The van der Waals surface area contributed by atoms with Gasteiger partial charge in [-0.3, -0.25) is 14.5 Å². The fourth-order valence-electron chi connectivity index (χ4n) is 4.26. The minimum atomic E-state index is -0.235. The van der Waals surface area contributed by atoms with Gasteiger partial charge in [-0.1, -0.05) is 29.8 Å². The van der Waals surface area contributed by atoms with Crippen molar-refractivity contribution in [1.82, 2.24) is 4.90 Å². The number of quaternary nitrogens is 2. The van der Waals surface area contributed by atoms with Crippen molar-refractivity contribution in [2.24, 2.45) is 0 Å². The third kappa shape index (κ3) is 4.20. The molecule has 1 saturated heterocycles. The van der Waals surface area contributed by atoms with Crippen LogP contribution in [-0.2, 0) is 6.54 Å². The van der Waals surface area contributed by atoms with E-state index in [-0.39, 0.29) is 17.6 Å². The van der Waals surface area contributed by atoms with Gasteiger partial charge in [-0.15, -0.1) is 0 Å². The minimum absolute atomic E-state index is 0.184. The molecule has 2 aliphatic heterocycles. The molecule has 2 aromatic carbocycles. The Labute approximate surface area is 174 Å². The van der Waals surface area contributed by atoms with Gasteiger partial charge in [0.2, 0.25) is 0 Å². The Balaban J connectivity index is 1.23. The number of benzene rings is 2. The molecule has 0 atom stereocenters. The lowest BCUT2D eigenvalue weighted by atomic mass is 10.1. The zero-order chi connectivity index (χ0) is 20.4. The molecule has 5 nitrogen and oxygen atoms in total. The molecule has 0 radical (unpaired) electrons. The maximum absolute atomic E-state index is 14.0. The number of amides is 2. The number of carbonyl (C=O) groups excluding carboxylic acids is 2. The fourth-order valence-corrected chi connectivity index (χ4v) is 4.49. The molecule has 2 aliphatic rings. The highest BCUT2D eigenvalue weighted by Gasteiger charge is 2.35. The first-order valence-corrected chi connectivity index (χ1v) is 10.5. The third-order valence-corrected chi connectivity index (χ3v) is 6.30. The summed E-state index contributed by atoms with van der Waals surface area (Å²) in [5, 5.41) is 0.494. The molecule has 2 heterocycles. The van der Waals surface area contributed by atoms with Gasteiger partial charge in [0.05, 0.1) is 28.3 Å². The topological polar surface area (TPSA) is 46.3 Å². The molecule has 0 saturated carbocycles. The summed E-state index contributed by atoms with van der Waals surface area (Å²) >= 11 is 6.15. The molecule has 0 unspecified atom stereocenters. The summed E-state index contributed by atoms with van der Waals surface area (Å²) < 4.78 is 14.0. The second kappa shape index (κ2) is 8.61. The summed E-state index contributed by atoms with van der Waals surface area (Å²) in [6.45, 7) is 5.86. The van der Waals surface area contributed by atoms with Crippen LogP contribution in [0.2, 0.25) is 5.02 Å². The molecule has 0 spiro atoms. The van der Waals surface area contributed by atoms with Crippen LogP contribution in [0.1, 0.15) is 32.7 Å². The van der Waals surface area contributed by atoms with Crippen molar-refractivity contribution >= 4 is 23.4 Å². The molecular formula is C22H25ClFN3O2+2. The van der Waals surface area contributed by atoms with Crippen LogP contribution >= 0.6 is 11.6 Å². The monoisotopic (exact) mass is 417 g/mol. The molecule has 7 heteroatoms. The van der Waals surface area contributed by atoms with Gasteiger partial charge < -0.3 is 9.80 Å². The summed E-state index contributed by atoms with van der Waals surface area (Å²) in [4.78, 5) is 29.0. The quantitative estimate of drug-likeness (QED) is 0.670. The van der Waals surface area contributed by atoms with Crippen LogP contribution in [0.15, 0.2) is 42.5 Å². The average Bonchev–Trinajstić information content (AvgIpc) is 2.97. The first-order valence-electron chi connectivity index (χ1n) is 10.1. The van der Waals surface area contributed by atoms with E-state index in [1.54, 1.807) is 36.4 Å². The van der Waals surface area contributed by atoms with Crippen LogP contribution in [0, 0.1) is 5.82 Å². The summed E-state index contributed by atoms with van der Waals surface area (Å²) in [5.74, 6) is -0.603. The number of nitrogens with one attached hydrogen (secondary N) is 2. The van der Waals surface area contributed by atoms with E-state index in [2.05, 4.69) is 0 Å². The van der Waals surface area contributed by atoms with Crippen LogP contribution in [0.4, 0.5) is 4.39 Å². The average molecular weight is 418 g/mol. The molecule has 2 N–H and O–H groups in total.